The fourth-order valence-corrected chi connectivity index (χ4v) is 3.02. The van der Waals surface area contributed by atoms with Crippen molar-refractivity contribution in [3.63, 3.8) is 0 Å². The number of carbonyl (C=O) groups is 1. The molecule has 6 heteroatoms. The third kappa shape index (κ3) is 4.02. The minimum atomic E-state index is -0.196. The van der Waals surface area contributed by atoms with Crippen LogP contribution in [0.4, 0.5) is 0 Å². The van der Waals surface area contributed by atoms with Crippen LogP contribution < -0.4 is 10.1 Å². The third-order valence-corrected chi connectivity index (χ3v) is 4.45. The highest BCUT2D eigenvalue weighted by molar-refractivity contribution is 7.13. The van der Waals surface area contributed by atoms with Crippen molar-refractivity contribution in [2.24, 2.45) is 0 Å². The van der Waals surface area contributed by atoms with Crippen LogP contribution in [0.1, 0.15) is 24.4 Å². The van der Waals surface area contributed by atoms with Gasteiger partial charge in [0, 0.05) is 16.6 Å². The average Bonchev–Trinajstić information content (AvgIpc) is 3.25. The van der Waals surface area contributed by atoms with Crippen molar-refractivity contribution in [1.29, 1.82) is 0 Å². The fraction of sp³-hybridized carbons (Fsp3) is 0.222. The van der Waals surface area contributed by atoms with E-state index in [0.29, 0.717) is 11.5 Å². The molecular formula is C18H18N2O3S. The molecule has 0 aliphatic carbocycles. The standard InChI is InChI=1S/C18H18N2O3S/c1-12-11-24-18(19-12)14-5-7-15(8-6-14)23-10-17(21)20-13(2)16-4-3-9-22-16/h3-9,11,13H,10H2,1-2H3,(H,20,21)/t13-/m1/s1. The summed E-state index contributed by atoms with van der Waals surface area (Å²) in [5.74, 6) is 1.16. The van der Waals surface area contributed by atoms with Crippen molar-refractivity contribution in [3.8, 4) is 16.3 Å². The van der Waals surface area contributed by atoms with Gasteiger partial charge in [-0.2, -0.15) is 0 Å². The lowest BCUT2D eigenvalue weighted by molar-refractivity contribution is -0.123. The average molecular weight is 342 g/mol. The first-order valence-corrected chi connectivity index (χ1v) is 8.48. The molecule has 0 saturated carbocycles. The summed E-state index contributed by atoms with van der Waals surface area (Å²) in [5.41, 5.74) is 2.05. The molecule has 0 saturated heterocycles. The maximum atomic E-state index is 11.9. The van der Waals surface area contributed by atoms with Crippen molar-refractivity contribution in [2.45, 2.75) is 19.9 Å². The first-order chi connectivity index (χ1) is 11.6. The van der Waals surface area contributed by atoms with Gasteiger partial charge in [-0.05, 0) is 50.2 Å². The summed E-state index contributed by atoms with van der Waals surface area (Å²) < 4.78 is 10.8. The Hall–Kier alpha value is -2.60. The number of thiazole rings is 1. The summed E-state index contributed by atoms with van der Waals surface area (Å²) in [6.07, 6.45) is 1.58. The fourth-order valence-electron chi connectivity index (χ4n) is 2.22. The Morgan fingerprint density at radius 2 is 2.12 bits per heavy atom. The lowest BCUT2D eigenvalue weighted by Gasteiger charge is -2.12. The molecule has 2 aromatic heterocycles. The number of ether oxygens (including phenoxy) is 1. The highest BCUT2D eigenvalue weighted by atomic mass is 32.1. The number of aromatic nitrogens is 1. The maximum absolute atomic E-state index is 11.9. The zero-order chi connectivity index (χ0) is 16.9. The van der Waals surface area contributed by atoms with E-state index in [0.717, 1.165) is 16.3 Å². The van der Waals surface area contributed by atoms with Crippen LogP contribution in [0.25, 0.3) is 10.6 Å². The van der Waals surface area contributed by atoms with E-state index < -0.39 is 0 Å². The number of amides is 1. The number of furan rings is 1. The lowest BCUT2D eigenvalue weighted by atomic mass is 10.2. The number of hydrogen-bond donors (Lipinski definition) is 1. The largest absolute Gasteiger partial charge is 0.484 e. The summed E-state index contributed by atoms with van der Waals surface area (Å²) >= 11 is 1.61. The number of nitrogens with zero attached hydrogens (tertiary/aromatic N) is 1. The molecule has 1 aromatic carbocycles. The molecule has 0 fully saturated rings. The molecule has 124 valence electrons. The van der Waals surface area contributed by atoms with E-state index in [1.54, 1.807) is 23.7 Å². The molecule has 1 N–H and O–H groups in total. The zero-order valence-electron chi connectivity index (χ0n) is 13.5. The van der Waals surface area contributed by atoms with Gasteiger partial charge in [0.15, 0.2) is 6.61 Å². The number of benzene rings is 1. The van der Waals surface area contributed by atoms with Gasteiger partial charge in [-0.15, -0.1) is 11.3 Å². The van der Waals surface area contributed by atoms with Crippen LogP contribution in [0.15, 0.2) is 52.5 Å². The summed E-state index contributed by atoms with van der Waals surface area (Å²) in [7, 11) is 0. The van der Waals surface area contributed by atoms with Crippen molar-refractivity contribution >= 4 is 17.2 Å². The molecule has 3 rings (SSSR count). The summed E-state index contributed by atoms with van der Waals surface area (Å²) in [5, 5.41) is 5.82. The smallest absolute Gasteiger partial charge is 0.258 e. The van der Waals surface area contributed by atoms with Gasteiger partial charge in [0.2, 0.25) is 0 Å². The number of hydrogen-bond acceptors (Lipinski definition) is 5. The van der Waals surface area contributed by atoms with Crippen molar-refractivity contribution in [2.75, 3.05) is 6.61 Å². The molecule has 0 aliphatic rings. The Labute approximate surface area is 144 Å². The summed E-state index contributed by atoms with van der Waals surface area (Å²) in [6, 6.07) is 11.0. The van der Waals surface area contributed by atoms with Crippen LogP contribution >= 0.6 is 11.3 Å². The minimum absolute atomic E-state index is 0.0409. The van der Waals surface area contributed by atoms with E-state index in [2.05, 4.69) is 10.3 Å². The molecule has 3 aromatic rings. The van der Waals surface area contributed by atoms with Gasteiger partial charge in [-0.3, -0.25) is 4.79 Å². The molecule has 1 amide bonds. The third-order valence-electron chi connectivity index (χ3n) is 3.44. The Bertz CT molecular complexity index is 794. The zero-order valence-corrected chi connectivity index (χ0v) is 14.3. The molecular weight excluding hydrogens is 324 g/mol. The number of carbonyl (C=O) groups excluding carboxylic acids is 1. The molecule has 0 radical (unpaired) electrons. The minimum Gasteiger partial charge on any atom is -0.484 e. The van der Waals surface area contributed by atoms with Gasteiger partial charge in [-0.25, -0.2) is 4.98 Å². The monoisotopic (exact) mass is 342 g/mol. The van der Waals surface area contributed by atoms with E-state index in [-0.39, 0.29) is 18.6 Å². The van der Waals surface area contributed by atoms with Crippen molar-refractivity contribution in [3.05, 3.63) is 59.5 Å². The number of aryl methyl sites for hydroxylation is 1. The van der Waals surface area contributed by atoms with E-state index >= 15 is 0 Å². The normalized spacial score (nSPS) is 11.9. The quantitative estimate of drug-likeness (QED) is 0.736. The first-order valence-electron chi connectivity index (χ1n) is 7.60. The van der Waals surface area contributed by atoms with Crippen LogP contribution in [0.3, 0.4) is 0 Å². The Morgan fingerprint density at radius 3 is 2.75 bits per heavy atom. The van der Waals surface area contributed by atoms with Crippen LogP contribution in [0, 0.1) is 6.92 Å². The predicted octanol–water partition coefficient (Wildman–Crippen LogP) is 3.97. The Balaban J connectivity index is 1.52. The second-order valence-corrected chi connectivity index (χ2v) is 6.27. The molecule has 0 bridgehead atoms. The van der Waals surface area contributed by atoms with E-state index in [1.807, 2.05) is 49.6 Å². The van der Waals surface area contributed by atoms with E-state index in [1.165, 1.54) is 0 Å². The van der Waals surface area contributed by atoms with E-state index in [9.17, 15) is 4.79 Å². The first kappa shape index (κ1) is 16.3. The van der Waals surface area contributed by atoms with Gasteiger partial charge in [0.05, 0.1) is 12.3 Å². The van der Waals surface area contributed by atoms with Gasteiger partial charge >= 0.3 is 0 Å². The van der Waals surface area contributed by atoms with E-state index in [4.69, 9.17) is 9.15 Å². The molecule has 0 spiro atoms. The molecule has 5 nitrogen and oxygen atoms in total. The lowest BCUT2D eigenvalue weighted by Crippen LogP contribution is -2.31. The van der Waals surface area contributed by atoms with Gasteiger partial charge in [0.25, 0.3) is 5.91 Å². The highest BCUT2D eigenvalue weighted by Gasteiger charge is 2.12. The summed E-state index contributed by atoms with van der Waals surface area (Å²) in [6.45, 7) is 3.79. The number of rotatable bonds is 6. The van der Waals surface area contributed by atoms with Gasteiger partial charge in [-0.1, -0.05) is 0 Å². The highest BCUT2D eigenvalue weighted by Crippen LogP contribution is 2.25. The maximum Gasteiger partial charge on any atom is 0.258 e. The Morgan fingerprint density at radius 1 is 1.33 bits per heavy atom. The molecule has 1 atom stereocenters. The van der Waals surface area contributed by atoms with Crippen molar-refractivity contribution < 1.29 is 13.9 Å². The van der Waals surface area contributed by atoms with Gasteiger partial charge in [0.1, 0.15) is 16.5 Å². The topological polar surface area (TPSA) is 64.4 Å². The van der Waals surface area contributed by atoms with Crippen molar-refractivity contribution in [1.82, 2.24) is 10.3 Å². The second kappa shape index (κ2) is 7.31. The molecule has 2 heterocycles. The van der Waals surface area contributed by atoms with Gasteiger partial charge < -0.3 is 14.5 Å². The predicted molar refractivity (Wildman–Crippen MR) is 93.0 cm³/mol. The number of nitrogens with one attached hydrogen (secondary N) is 1. The second-order valence-electron chi connectivity index (χ2n) is 5.41. The molecule has 0 aliphatic heterocycles. The molecule has 0 unspecified atom stereocenters. The van der Waals surface area contributed by atoms with Crippen LogP contribution in [0.5, 0.6) is 5.75 Å². The van der Waals surface area contributed by atoms with Crippen LogP contribution in [-0.4, -0.2) is 17.5 Å². The summed E-state index contributed by atoms with van der Waals surface area (Å²) in [4.78, 5) is 16.4. The SMILES string of the molecule is Cc1csc(-c2ccc(OCC(=O)N[C@H](C)c3ccco3)cc2)n1. The Kier molecular flexibility index (Phi) is 4.96. The molecule has 24 heavy (non-hydrogen) atoms. The van der Waals surface area contributed by atoms with Crippen LogP contribution in [-0.2, 0) is 4.79 Å². The van der Waals surface area contributed by atoms with Crippen LogP contribution in [0.2, 0.25) is 0 Å².